The van der Waals surface area contributed by atoms with Crippen LogP contribution in [0, 0.1) is 18.6 Å². The number of nitrogens with one attached hydrogen (secondary N) is 1. The molecule has 6 heteroatoms. The highest BCUT2D eigenvalue weighted by molar-refractivity contribution is 7.13. The van der Waals surface area contributed by atoms with E-state index in [1.54, 1.807) is 11.3 Å². The SMILES string of the molecule is Cc1ccc(-c2csc(-c3ccc(CNC(=O)c4cc(F)ccc4F)cc3)n2)cc1. The zero-order valence-corrected chi connectivity index (χ0v) is 17.0. The normalized spacial score (nSPS) is 10.8. The van der Waals surface area contributed by atoms with Gasteiger partial charge in [0.05, 0.1) is 11.3 Å². The molecule has 3 nitrogen and oxygen atoms in total. The van der Waals surface area contributed by atoms with Crippen LogP contribution in [-0.2, 0) is 6.54 Å². The number of carbonyl (C=O) groups is 1. The standard InChI is InChI=1S/C24H18F2N2OS/c1-15-2-6-17(7-3-15)22-14-30-24(28-22)18-8-4-16(5-9-18)13-27-23(29)20-12-19(25)10-11-21(20)26/h2-12,14H,13H2,1H3,(H,27,29). The fourth-order valence-electron chi connectivity index (χ4n) is 2.98. The quantitative estimate of drug-likeness (QED) is 0.431. The van der Waals surface area contributed by atoms with Crippen molar-refractivity contribution in [1.82, 2.24) is 10.3 Å². The van der Waals surface area contributed by atoms with Crippen LogP contribution in [0.25, 0.3) is 21.8 Å². The van der Waals surface area contributed by atoms with Gasteiger partial charge in [-0.3, -0.25) is 4.79 Å². The molecule has 0 saturated carbocycles. The second-order valence-electron chi connectivity index (χ2n) is 6.91. The first kappa shape index (κ1) is 19.9. The molecule has 0 spiro atoms. The summed E-state index contributed by atoms with van der Waals surface area (Å²) in [6.07, 6.45) is 0. The van der Waals surface area contributed by atoms with Gasteiger partial charge < -0.3 is 5.32 Å². The van der Waals surface area contributed by atoms with Crippen molar-refractivity contribution in [3.8, 4) is 21.8 Å². The average Bonchev–Trinajstić information content (AvgIpc) is 3.25. The number of rotatable bonds is 5. The minimum absolute atomic E-state index is 0.210. The Labute approximate surface area is 177 Å². The van der Waals surface area contributed by atoms with Crippen LogP contribution in [-0.4, -0.2) is 10.9 Å². The van der Waals surface area contributed by atoms with Gasteiger partial charge in [0, 0.05) is 23.1 Å². The molecular weight excluding hydrogens is 402 g/mol. The molecule has 0 radical (unpaired) electrons. The summed E-state index contributed by atoms with van der Waals surface area (Å²) < 4.78 is 26.9. The molecule has 0 aliphatic rings. The molecule has 0 fully saturated rings. The summed E-state index contributed by atoms with van der Waals surface area (Å²) in [5.41, 5.74) is 4.73. The maximum absolute atomic E-state index is 13.7. The van der Waals surface area contributed by atoms with E-state index in [1.807, 2.05) is 29.6 Å². The second kappa shape index (κ2) is 8.55. The van der Waals surface area contributed by atoms with Crippen molar-refractivity contribution in [3.63, 3.8) is 0 Å². The van der Waals surface area contributed by atoms with E-state index in [1.165, 1.54) is 5.56 Å². The van der Waals surface area contributed by atoms with Crippen LogP contribution in [0.1, 0.15) is 21.5 Å². The Morgan fingerprint density at radius 2 is 1.67 bits per heavy atom. The van der Waals surface area contributed by atoms with Crippen LogP contribution in [0.5, 0.6) is 0 Å². The Morgan fingerprint density at radius 3 is 2.40 bits per heavy atom. The lowest BCUT2D eigenvalue weighted by Crippen LogP contribution is -2.24. The third kappa shape index (κ3) is 4.44. The van der Waals surface area contributed by atoms with E-state index in [0.29, 0.717) is 0 Å². The smallest absolute Gasteiger partial charge is 0.254 e. The highest BCUT2D eigenvalue weighted by Gasteiger charge is 2.13. The van der Waals surface area contributed by atoms with Crippen LogP contribution in [0.4, 0.5) is 8.78 Å². The van der Waals surface area contributed by atoms with E-state index in [4.69, 9.17) is 4.98 Å². The summed E-state index contributed by atoms with van der Waals surface area (Å²) in [6, 6.07) is 18.7. The lowest BCUT2D eigenvalue weighted by atomic mass is 10.1. The van der Waals surface area contributed by atoms with Crippen molar-refractivity contribution in [1.29, 1.82) is 0 Å². The number of hydrogen-bond acceptors (Lipinski definition) is 3. The molecule has 150 valence electrons. The van der Waals surface area contributed by atoms with Gasteiger partial charge in [-0.15, -0.1) is 11.3 Å². The number of carbonyl (C=O) groups excluding carboxylic acids is 1. The number of nitrogens with zero attached hydrogens (tertiary/aromatic N) is 1. The molecule has 30 heavy (non-hydrogen) atoms. The van der Waals surface area contributed by atoms with Crippen molar-refractivity contribution in [2.75, 3.05) is 0 Å². The lowest BCUT2D eigenvalue weighted by molar-refractivity contribution is 0.0946. The Balaban J connectivity index is 1.42. The molecule has 4 rings (SSSR count). The minimum Gasteiger partial charge on any atom is -0.348 e. The van der Waals surface area contributed by atoms with Gasteiger partial charge in [-0.05, 0) is 30.7 Å². The third-order valence-corrected chi connectivity index (χ3v) is 5.57. The largest absolute Gasteiger partial charge is 0.348 e. The predicted molar refractivity (Wildman–Crippen MR) is 115 cm³/mol. The van der Waals surface area contributed by atoms with Crippen LogP contribution in [0.3, 0.4) is 0 Å². The van der Waals surface area contributed by atoms with Gasteiger partial charge in [0.15, 0.2) is 0 Å². The van der Waals surface area contributed by atoms with E-state index in [2.05, 4.69) is 36.5 Å². The molecule has 0 saturated heterocycles. The van der Waals surface area contributed by atoms with Gasteiger partial charge in [0.2, 0.25) is 0 Å². The Bertz CT molecular complexity index is 1180. The topological polar surface area (TPSA) is 42.0 Å². The number of aromatic nitrogens is 1. The molecule has 1 aromatic heterocycles. The summed E-state index contributed by atoms with van der Waals surface area (Å²) in [7, 11) is 0. The Kier molecular flexibility index (Phi) is 5.68. The molecule has 3 aromatic carbocycles. The molecule has 0 atom stereocenters. The highest BCUT2D eigenvalue weighted by Crippen LogP contribution is 2.29. The third-order valence-electron chi connectivity index (χ3n) is 4.68. The summed E-state index contributed by atoms with van der Waals surface area (Å²) >= 11 is 1.57. The molecular formula is C24H18F2N2OS. The zero-order chi connectivity index (χ0) is 21.1. The Hall–Kier alpha value is -3.38. The summed E-state index contributed by atoms with van der Waals surface area (Å²) in [5.74, 6) is -2.06. The van der Waals surface area contributed by atoms with E-state index < -0.39 is 17.5 Å². The molecule has 1 N–H and O–H groups in total. The van der Waals surface area contributed by atoms with Crippen LogP contribution in [0.15, 0.2) is 72.1 Å². The monoisotopic (exact) mass is 420 g/mol. The molecule has 1 heterocycles. The number of benzene rings is 3. The minimum atomic E-state index is -0.752. The first-order valence-corrected chi connectivity index (χ1v) is 10.2. The summed E-state index contributed by atoms with van der Waals surface area (Å²) in [5, 5.41) is 5.55. The second-order valence-corrected chi connectivity index (χ2v) is 7.77. The van der Waals surface area contributed by atoms with Gasteiger partial charge in [0.25, 0.3) is 5.91 Å². The molecule has 4 aromatic rings. The maximum Gasteiger partial charge on any atom is 0.254 e. The molecule has 0 unspecified atom stereocenters. The molecule has 0 aliphatic heterocycles. The van der Waals surface area contributed by atoms with Crippen molar-refractivity contribution < 1.29 is 13.6 Å². The van der Waals surface area contributed by atoms with E-state index in [9.17, 15) is 13.6 Å². The number of thiazole rings is 1. The van der Waals surface area contributed by atoms with Crippen molar-refractivity contribution in [2.45, 2.75) is 13.5 Å². The highest BCUT2D eigenvalue weighted by atomic mass is 32.1. The molecule has 0 bridgehead atoms. The van der Waals surface area contributed by atoms with Crippen molar-refractivity contribution >= 4 is 17.2 Å². The van der Waals surface area contributed by atoms with Gasteiger partial charge in [-0.1, -0.05) is 54.1 Å². The van der Waals surface area contributed by atoms with Crippen LogP contribution in [0.2, 0.25) is 0 Å². The first-order chi connectivity index (χ1) is 14.5. The lowest BCUT2D eigenvalue weighted by Gasteiger charge is -2.07. The van der Waals surface area contributed by atoms with Gasteiger partial charge >= 0.3 is 0 Å². The number of aryl methyl sites for hydroxylation is 1. The van der Waals surface area contributed by atoms with E-state index >= 15 is 0 Å². The van der Waals surface area contributed by atoms with Crippen molar-refractivity contribution in [3.05, 3.63) is 100 Å². The first-order valence-electron chi connectivity index (χ1n) is 9.35. The number of hydrogen-bond donors (Lipinski definition) is 1. The van der Waals surface area contributed by atoms with E-state index in [-0.39, 0.29) is 12.1 Å². The summed E-state index contributed by atoms with van der Waals surface area (Å²) in [6.45, 7) is 2.26. The zero-order valence-electron chi connectivity index (χ0n) is 16.2. The number of halogens is 2. The van der Waals surface area contributed by atoms with Gasteiger partial charge in [-0.2, -0.15) is 0 Å². The average molecular weight is 420 g/mol. The van der Waals surface area contributed by atoms with Crippen molar-refractivity contribution in [2.24, 2.45) is 0 Å². The maximum atomic E-state index is 13.7. The Morgan fingerprint density at radius 1 is 0.967 bits per heavy atom. The fourth-order valence-corrected chi connectivity index (χ4v) is 3.81. The van der Waals surface area contributed by atoms with Gasteiger partial charge in [-0.25, -0.2) is 13.8 Å². The van der Waals surface area contributed by atoms with Gasteiger partial charge in [0.1, 0.15) is 16.6 Å². The fraction of sp³-hybridized carbons (Fsp3) is 0.0833. The summed E-state index contributed by atoms with van der Waals surface area (Å²) in [4.78, 5) is 16.8. The van der Waals surface area contributed by atoms with Crippen LogP contribution >= 0.6 is 11.3 Å². The predicted octanol–water partition coefficient (Wildman–Crippen LogP) is 5.99. The molecule has 0 aliphatic carbocycles. The van der Waals surface area contributed by atoms with E-state index in [0.717, 1.165) is 45.6 Å². The molecule has 1 amide bonds. The van der Waals surface area contributed by atoms with Crippen LogP contribution < -0.4 is 5.32 Å². The number of amides is 1.